The first-order chi connectivity index (χ1) is 10.0. The molecule has 0 aromatic heterocycles. The monoisotopic (exact) mass is 388 g/mol. The van der Waals surface area contributed by atoms with E-state index in [0.717, 1.165) is 15.6 Å². The zero-order valence-corrected chi connectivity index (χ0v) is 14.8. The molecule has 0 aliphatic carbocycles. The van der Waals surface area contributed by atoms with Gasteiger partial charge in [-0.25, -0.2) is 0 Å². The summed E-state index contributed by atoms with van der Waals surface area (Å²) >= 11 is 15.9. The van der Waals surface area contributed by atoms with Gasteiger partial charge in [0.05, 0.1) is 24.6 Å². The first kappa shape index (κ1) is 16.5. The Balaban J connectivity index is 2.18. The molecule has 2 rings (SSSR count). The van der Waals surface area contributed by atoms with Crippen LogP contribution in [-0.2, 0) is 6.42 Å². The van der Waals surface area contributed by atoms with Crippen molar-refractivity contribution in [2.24, 2.45) is 0 Å². The van der Waals surface area contributed by atoms with Gasteiger partial charge in [0.25, 0.3) is 0 Å². The van der Waals surface area contributed by atoms with E-state index in [1.807, 2.05) is 36.4 Å². The smallest absolute Gasteiger partial charge is 0.160 e. The molecule has 0 heterocycles. The second-order valence-corrected chi connectivity index (χ2v) is 6.32. The summed E-state index contributed by atoms with van der Waals surface area (Å²) in [6.07, 6.45) is 0.690. The Morgan fingerprint density at radius 1 is 1.05 bits per heavy atom. The minimum absolute atomic E-state index is 0.142. The SMILES string of the molecule is COc1ccc(CC(Cl)c2ccc(Cl)c(Br)c2)cc1OC. The topological polar surface area (TPSA) is 18.5 Å². The first-order valence-corrected chi connectivity index (χ1v) is 7.95. The van der Waals surface area contributed by atoms with Gasteiger partial charge >= 0.3 is 0 Å². The summed E-state index contributed by atoms with van der Waals surface area (Å²) in [4.78, 5) is 0. The van der Waals surface area contributed by atoms with Crippen LogP contribution in [0.2, 0.25) is 5.02 Å². The first-order valence-electron chi connectivity index (χ1n) is 6.35. The van der Waals surface area contributed by atoms with E-state index in [1.54, 1.807) is 14.2 Å². The number of hydrogen-bond acceptors (Lipinski definition) is 2. The number of methoxy groups -OCH3 is 2. The lowest BCUT2D eigenvalue weighted by Crippen LogP contribution is -1.98. The van der Waals surface area contributed by atoms with Crippen molar-refractivity contribution >= 4 is 39.1 Å². The van der Waals surface area contributed by atoms with E-state index in [2.05, 4.69) is 15.9 Å². The van der Waals surface area contributed by atoms with E-state index >= 15 is 0 Å². The van der Waals surface area contributed by atoms with Crippen LogP contribution in [0.25, 0.3) is 0 Å². The number of hydrogen-bond donors (Lipinski definition) is 0. The van der Waals surface area contributed by atoms with E-state index in [-0.39, 0.29) is 5.38 Å². The summed E-state index contributed by atoms with van der Waals surface area (Å²) in [5, 5.41) is 0.533. The molecule has 0 bridgehead atoms. The molecule has 112 valence electrons. The average molecular weight is 390 g/mol. The number of alkyl halides is 1. The van der Waals surface area contributed by atoms with Crippen molar-refractivity contribution in [3.05, 3.63) is 57.0 Å². The maximum Gasteiger partial charge on any atom is 0.160 e. The summed E-state index contributed by atoms with van der Waals surface area (Å²) in [7, 11) is 3.24. The van der Waals surface area contributed by atoms with Crippen LogP contribution in [0.3, 0.4) is 0 Å². The molecule has 2 nitrogen and oxygen atoms in total. The Morgan fingerprint density at radius 2 is 1.76 bits per heavy atom. The summed E-state index contributed by atoms with van der Waals surface area (Å²) in [5.74, 6) is 1.41. The molecule has 0 radical (unpaired) electrons. The third kappa shape index (κ3) is 4.06. The van der Waals surface area contributed by atoms with Gasteiger partial charge in [0.1, 0.15) is 0 Å². The fourth-order valence-corrected chi connectivity index (χ4v) is 2.87. The van der Waals surface area contributed by atoms with E-state index in [0.29, 0.717) is 22.9 Å². The fourth-order valence-electron chi connectivity index (χ4n) is 2.04. The summed E-state index contributed by atoms with van der Waals surface area (Å²) in [5.41, 5.74) is 2.10. The molecule has 0 amide bonds. The van der Waals surface area contributed by atoms with Crippen LogP contribution in [-0.4, -0.2) is 14.2 Å². The fraction of sp³-hybridized carbons (Fsp3) is 0.250. The van der Waals surface area contributed by atoms with Gasteiger partial charge in [0, 0.05) is 4.47 Å². The van der Waals surface area contributed by atoms with Crippen molar-refractivity contribution in [3.63, 3.8) is 0 Å². The van der Waals surface area contributed by atoms with Crippen molar-refractivity contribution in [1.29, 1.82) is 0 Å². The van der Waals surface area contributed by atoms with E-state index in [4.69, 9.17) is 32.7 Å². The number of halogens is 3. The minimum Gasteiger partial charge on any atom is -0.493 e. The van der Waals surface area contributed by atoms with Crippen LogP contribution in [0.5, 0.6) is 11.5 Å². The highest BCUT2D eigenvalue weighted by atomic mass is 79.9. The predicted molar refractivity (Wildman–Crippen MR) is 91.0 cm³/mol. The van der Waals surface area contributed by atoms with E-state index < -0.39 is 0 Å². The molecule has 0 spiro atoms. The quantitative estimate of drug-likeness (QED) is 0.615. The highest BCUT2D eigenvalue weighted by molar-refractivity contribution is 9.10. The normalized spacial score (nSPS) is 12.0. The lowest BCUT2D eigenvalue weighted by atomic mass is 10.0. The molecule has 1 atom stereocenters. The zero-order valence-electron chi connectivity index (χ0n) is 11.7. The van der Waals surface area contributed by atoms with Gasteiger partial charge in [-0.15, -0.1) is 11.6 Å². The Morgan fingerprint density at radius 3 is 2.38 bits per heavy atom. The zero-order chi connectivity index (χ0) is 15.4. The molecule has 0 fully saturated rings. The molecule has 0 aliphatic heterocycles. The number of benzene rings is 2. The lowest BCUT2D eigenvalue weighted by molar-refractivity contribution is 0.354. The Bertz CT molecular complexity index is 632. The second kappa shape index (κ2) is 7.39. The minimum atomic E-state index is -0.142. The van der Waals surface area contributed by atoms with Gasteiger partial charge in [-0.3, -0.25) is 0 Å². The summed E-state index contributed by atoms with van der Waals surface area (Å²) in [6, 6.07) is 11.5. The molecule has 5 heteroatoms. The number of ether oxygens (including phenoxy) is 2. The van der Waals surface area contributed by atoms with Crippen molar-refractivity contribution < 1.29 is 9.47 Å². The van der Waals surface area contributed by atoms with Crippen LogP contribution in [0.1, 0.15) is 16.5 Å². The van der Waals surface area contributed by atoms with Crippen molar-refractivity contribution in [3.8, 4) is 11.5 Å². The molecule has 0 saturated carbocycles. The molecular formula is C16H15BrCl2O2. The van der Waals surface area contributed by atoms with Gasteiger partial charge < -0.3 is 9.47 Å². The molecule has 2 aromatic carbocycles. The largest absolute Gasteiger partial charge is 0.493 e. The standard InChI is InChI=1S/C16H15BrCl2O2/c1-20-15-6-3-10(8-16(15)21-2)7-14(19)11-4-5-13(18)12(17)9-11/h3-6,8-9,14H,7H2,1-2H3. The van der Waals surface area contributed by atoms with Crippen molar-refractivity contribution in [2.45, 2.75) is 11.8 Å². The molecule has 2 aromatic rings. The molecule has 0 aliphatic rings. The van der Waals surface area contributed by atoms with Crippen LogP contribution >= 0.6 is 39.1 Å². The Hall–Kier alpha value is -0.900. The van der Waals surface area contributed by atoms with Crippen molar-refractivity contribution in [2.75, 3.05) is 14.2 Å². The molecule has 0 saturated heterocycles. The Labute approximate surface area is 143 Å². The van der Waals surface area contributed by atoms with Gasteiger partial charge in [-0.1, -0.05) is 23.7 Å². The summed E-state index contributed by atoms with van der Waals surface area (Å²) in [6.45, 7) is 0. The van der Waals surface area contributed by atoms with Crippen LogP contribution < -0.4 is 9.47 Å². The van der Waals surface area contributed by atoms with Gasteiger partial charge in [0.15, 0.2) is 11.5 Å². The highest BCUT2D eigenvalue weighted by Crippen LogP contribution is 2.33. The highest BCUT2D eigenvalue weighted by Gasteiger charge is 2.12. The van der Waals surface area contributed by atoms with Gasteiger partial charge in [0.2, 0.25) is 0 Å². The summed E-state index contributed by atoms with van der Waals surface area (Å²) < 4.78 is 11.4. The van der Waals surface area contributed by atoms with Gasteiger partial charge in [-0.2, -0.15) is 0 Å². The Kier molecular flexibility index (Phi) is 5.80. The van der Waals surface area contributed by atoms with Crippen LogP contribution in [0, 0.1) is 0 Å². The van der Waals surface area contributed by atoms with Crippen LogP contribution in [0.4, 0.5) is 0 Å². The third-order valence-corrected chi connectivity index (χ3v) is 4.79. The predicted octanol–water partition coefficient (Wildman–Crippen LogP) is 5.64. The number of rotatable bonds is 5. The van der Waals surface area contributed by atoms with E-state index in [9.17, 15) is 0 Å². The maximum atomic E-state index is 6.50. The van der Waals surface area contributed by atoms with Crippen LogP contribution in [0.15, 0.2) is 40.9 Å². The molecule has 1 unspecified atom stereocenters. The maximum absolute atomic E-state index is 6.50. The molecule has 21 heavy (non-hydrogen) atoms. The average Bonchev–Trinajstić information content (AvgIpc) is 2.49. The van der Waals surface area contributed by atoms with E-state index in [1.165, 1.54) is 0 Å². The lowest BCUT2D eigenvalue weighted by Gasteiger charge is -2.13. The molecular weight excluding hydrogens is 375 g/mol. The van der Waals surface area contributed by atoms with Crippen molar-refractivity contribution in [1.82, 2.24) is 0 Å². The van der Waals surface area contributed by atoms with Gasteiger partial charge in [-0.05, 0) is 57.7 Å². The molecule has 0 N–H and O–H groups in total. The second-order valence-electron chi connectivity index (χ2n) is 4.53. The third-order valence-electron chi connectivity index (χ3n) is 3.17.